The van der Waals surface area contributed by atoms with Gasteiger partial charge >= 0.3 is 0 Å². The van der Waals surface area contributed by atoms with Gasteiger partial charge in [-0.15, -0.1) is 0 Å². The van der Waals surface area contributed by atoms with Crippen molar-refractivity contribution in [2.75, 3.05) is 13.1 Å². The number of hydrogen-bond acceptors (Lipinski definition) is 1. The Bertz CT molecular complexity index is 294. The summed E-state index contributed by atoms with van der Waals surface area (Å²) in [6.07, 6.45) is 6.27. The van der Waals surface area contributed by atoms with E-state index in [-0.39, 0.29) is 0 Å². The van der Waals surface area contributed by atoms with Crippen molar-refractivity contribution in [3.63, 3.8) is 0 Å². The first-order valence-corrected chi connectivity index (χ1v) is 7.44. The van der Waals surface area contributed by atoms with Gasteiger partial charge in [-0.2, -0.15) is 0 Å². The van der Waals surface area contributed by atoms with E-state index >= 15 is 0 Å². The van der Waals surface area contributed by atoms with Crippen molar-refractivity contribution in [3.8, 4) is 0 Å². The van der Waals surface area contributed by atoms with Crippen molar-refractivity contribution >= 4 is 5.91 Å². The molecular weight excluding hydrogens is 210 g/mol. The van der Waals surface area contributed by atoms with Gasteiger partial charge in [0.15, 0.2) is 0 Å². The maximum Gasteiger partial charge on any atom is 0.225 e. The fraction of sp³-hybridized carbons (Fsp3) is 0.933. The van der Waals surface area contributed by atoms with Gasteiger partial charge in [-0.1, -0.05) is 13.8 Å². The number of fused-ring (bicyclic) bond motifs is 1. The Hall–Kier alpha value is -0.530. The first-order chi connectivity index (χ1) is 8.15. The third kappa shape index (κ3) is 2.23. The Morgan fingerprint density at radius 2 is 1.65 bits per heavy atom. The molecule has 2 atom stereocenters. The molecule has 3 aliphatic rings. The molecule has 0 aromatic rings. The van der Waals surface area contributed by atoms with E-state index in [0.717, 1.165) is 36.8 Å². The molecule has 3 rings (SSSR count). The van der Waals surface area contributed by atoms with Crippen LogP contribution >= 0.6 is 0 Å². The molecule has 2 nitrogen and oxygen atoms in total. The minimum Gasteiger partial charge on any atom is -0.342 e. The molecule has 2 unspecified atom stereocenters. The maximum atomic E-state index is 12.4. The largest absolute Gasteiger partial charge is 0.342 e. The molecule has 0 radical (unpaired) electrons. The molecule has 3 fully saturated rings. The highest BCUT2D eigenvalue weighted by Gasteiger charge is 2.48. The second kappa shape index (κ2) is 4.29. The van der Waals surface area contributed by atoms with E-state index in [4.69, 9.17) is 0 Å². The number of hydrogen-bond donors (Lipinski definition) is 0. The number of amides is 1. The zero-order valence-corrected chi connectivity index (χ0v) is 11.2. The van der Waals surface area contributed by atoms with Gasteiger partial charge in [0, 0.05) is 19.0 Å². The third-order valence-electron chi connectivity index (χ3n) is 5.39. The van der Waals surface area contributed by atoms with E-state index in [1.165, 1.54) is 32.1 Å². The van der Waals surface area contributed by atoms with Gasteiger partial charge in [0.05, 0.1) is 0 Å². The molecule has 0 aromatic heterocycles. The van der Waals surface area contributed by atoms with Gasteiger partial charge in [0.2, 0.25) is 5.91 Å². The molecule has 2 heteroatoms. The van der Waals surface area contributed by atoms with E-state index in [0.29, 0.717) is 11.8 Å². The first-order valence-electron chi connectivity index (χ1n) is 7.44. The van der Waals surface area contributed by atoms with Crippen LogP contribution in [0.3, 0.4) is 0 Å². The molecule has 2 saturated carbocycles. The van der Waals surface area contributed by atoms with Gasteiger partial charge in [-0.25, -0.2) is 0 Å². The predicted molar refractivity (Wildman–Crippen MR) is 68.5 cm³/mol. The Kier molecular flexibility index (Phi) is 2.92. The molecule has 0 N–H and O–H groups in total. The number of carbonyl (C=O) groups excluding carboxylic acids is 1. The minimum atomic E-state index is 0.398. The molecule has 96 valence electrons. The smallest absolute Gasteiger partial charge is 0.225 e. The zero-order valence-electron chi connectivity index (χ0n) is 11.2. The van der Waals surface area contributed by atoms with E-state index in [2.05, 4.69) is 18.7 Å². The molecule has 2 aliphatic carbocycles. The van der Waals surface area contributed by atoms with Gasteiger partial charge < -0.3 is 4.90 Å². The lowest BCUT2D eigenvalue weighted by molar-refractivity contribution is -0.137. The van der Waals surface area contributed by atoms with E-state index in [1.807, 2.05) is 0 Å². The van der Waals surface area contributed by atoms with Crippen molar-refractivity contribution < 1.29 is 4.79 Å². The summed E-state index contributed by atoms with van der Waals surface area (Å²) < 4.78 is 0. The van der Waals surface area contributed by atoms with Crippen LogP contribution in [0.5, 0.6) is 0 Å². The molecule has 1 heterocycles. The second-order valence-corrected chi connectivity index (χ2v) is 6.83. The molecule has 0 spiro atoms. The van der Waals surface area contributed by atoms with E-state index in [1.54, 1.807) is 0 Å². The minimum absolute atomic E-state index is 0.398. The molecular formula is C15H25NO. The summed E-state index contributed by atoms with van der Waals surface area (Å²) >= 11 is 0. The normalized spacial score (nSPS) is 37.4. The van der Waals surface area contributed by atoms with Crippen molar-refractivity contribution in [3.05, 3.63) is 0 Å². The van der Waals surface area contributed by atoms with Crippen LogP contribution < -0.4 is 0 Å². The number of rotatable bonds is 2. The first kappa shape index (κ1) is 11.6. The second-order valence-electron chi connectivity index (χ2n) is 6.83. The van der Waals surface area contributed by atoms with Crippen LogP contribution in [0.1, 0.15) is 46.0 Å². The Labute approximate surface area is 105 Å². The van der Waals surface area contributed by atoms with Crippen molar-refractivity contribution in [1.29, 1.82) is 0 Å². The van der Waals surface area contributed by atoms with Gasteiger partial charge in [0.25, 0.3) is 0 Å². The van der Waals surface area contributed by atoms with Crippen LogP contribution in [0.15, 0.2) is 0 Å². The Morgan fingerprint density at radius 3 is 2.18 bits per heavy atom. The standard InChI is InChI=1S/C15H25NO/c1-10(2)11-3-5-16(6-4-11)15(17)14-8-12-7-13(12)9-14/h10-14H,3-9H2,1-2H3. The summed E-state index contributed by atoms with van der Waals surface area (Å²) in [5.41, 5.74) is 0. The molecule has 0 aromatic carbocycles. The van der Waals surface area contributed by atoms with Crippen molar-refractivity contribution in [2.24, 2.45) is 29.6 Å². The summed E-state index contributed by atoms with van der Waals surface area (Å²) in [6, 6.07) is 0. The lowest BCUT2D eigenvalue weighted by atomic mass is 9.86. The molecule has 1 aliphatic heterocycles. The number of piperidine rings is 1. The van der Waals surface area contributed by atoms with Crippen LogP contribution in [0.4, 0.5) is 0 Å². The van der Waals surface area contributed by atoms with Crippen LogP contribution in [-0.2, 0) is 4.79 Å². The highest BCUT2D eigenvalue weighted by molar-refractivity contribution is 5.79. The Balaban J connectivity index is 1.50. The quantitative estimate of drug-likeness (QED) is 0.720. The van der Waals surface area contributed by atoms with E-state index in [9.17, 15) is 4.79 Å². The summed E-state index contributed by atoms with van der Waals surface area (Å²) in [6.45, 7) is 6.67. The maximum absolute atomic E-state index is 12.4. The fourth-order valence-corrected chi connectivity index (χ4v) is 3.96. The zero-order chi connectivity index (χ0) is 12.0. The highest BCUT2D eigenvalue weighted by atomic mass is 16.2. The van der Waals surface area contributed by atoms with E-state index < -0.39 is 0 Å². The fourth-order valence-electron chi connectivity index (χ4n) is 3.96. The highest BCUT2D eigenvalue weighted by Crippen LogP contribution is 2.54. The summed E-state index contributed by atoms with van der Waals surface area (Å²) in [5.74, 6) is 4.37. The average molecular weight is 235 g/mol. The Morgan fingerprint density at radius 1 is 1.06 bits per heavy atom. The van der Waals surface area contributed by atoms with Crippen LogP contribution in [-0.4, -0.2) is 23.9 Å². The van der Waals surface area contributed by atoms with Crippen molar-refractivity contribution in [2.45, 2.75) is 46.0 Å². The molecule has 1 saturated heterocycles. The van der Waals surface area contributed by atoms with Gasteiger partial charge in [-0.3, -0.25) is 4.79 Å². The monoisotopic (exact) mass is 235 g/mol. The van der Waals surface area contributed by atoms with Crippen LogP contribution in [0, 0.1) is 29.6 Å². The third-order valence-corrected chi connectivity index (χ3v) is 5.39. The number of likely N-dealkylation sites (tertiary alicyclic amines) is 1. The lowest BCUT2D eigenvalue weighted by Gasteiger charge is -2.35. The van der Waals surface area contributed by atoms with Gasteiger partial charge in [0.1, 0.15) is 0 Å². The number of nitrogens with zero attached hydrogens (tertiary/aromatic N) is 1. The molecule has 17 heavy (non-hydrogen) atoms. The van der Waals surface area contributed by atoms with Gasteiger partial charge in [-0.05, 0) is 55.8 Å². The summed E-state index contributed by atoms with van der Waals surface area (Å²) in [4.78, 5) is 14.5. The molecule has 1 amide bonds. The number of carbonyl (C=O) groups is 1. The summed E-state index contributed by atoms with van der Waals surface area (Å²) in [5, 5.41) is 0. The van der Waals surface area contributed by atoms with Crippen LogP contribution in [0.2, 0.25) is 0 Å². The van der Waals surface area contributed by atoms with Crippen molar-refractivity contribution in [1.82, 2.24) is 4.90 Å². The lowest BCUT2D eigenvalue weighted by Crippen LogP contribution is -2.42. The molecule has 0 bridgehead atoms. The predicted octanol–water partition coefficient (Wildman–Crippen LogP) is 2.93. The summed E-state index contributed by atoms with van der Waals surface area (Å²) in [7, 11) is 0. The SMILES string of the molecule is CC(C)C1CCN(C(=O)C2CC3CC3C2)CC1. The topological polar surface area (TPSA) is 20.3 Å². The van der Waals surface area contributed by atoms with Crippen LogP contribution in [0.25, 0.3) is 0 Å². The average Bonchev–Trinajstić information content (AvgIpc) is 2.95.